The van der Waals surface area contributed by atoms with E-state index in [1.54, 1.807) is 0 Å². The molecule has 0 aromatic heterocycles. The number of benzene rings is 1. The Morgan fingerprint density at radius 3 is 2.65 bits per heavy atom. The van der Waals surface area contributed by atoms with Gasteiger partial charge in [0, 0.05) is 11.5 Å². The molecule has 2 nitrogen and oxygen atoms in total. The lowest BCUT2D eigenvalue weighted by atomic mass is 9.92. The van der Waals surface area contributed by atoms with Crippen molar-refractivity contribution in [1.82, 2.24) is 0 Å². The van der Waals surface area contributed by atoms with Crippen LogP contribution in [0.15, 0.2) is 24.3 Å². The van der Waals surface area contributed by atoms with Gasteiger partial charge < -0.3 is 5.73 Å². The van der Waals surface area contributed by atoms with Gasteiger partial charge in [0.2, 0.25) is 0 Å². The molecule has 0 saturated carbocycles. The first-order chi connectivity index (χ1) is 7.75. The third kappa shape index (κ3) is 2.70. The molecule has 2 rings (SSSR count). The van der Waals surface area contributed by atoms with E-state index < -0.39 is 0 Å². The highest BCUT2D eigenvalue weighted by Gasteiger charge is 2.36. The molecule has 0 saturated heterocycles. The quantitative estimate of drug-likeness (QED) is 0.837. The summed E-state index contributed by atoms with van der Waals surface area (Å²) < 4.78 is 0. The van der Waals surface area contributed by atoms with E-state index in [1.807, 2.05) is 18.2 Å². The second-order valence-corrected chi connectivity index (χ2v) is 4.58. The molecule has 1 aliphatic carbocycles. The van der Waals surface area contributed by atoms with Crippen LogP contribution in [0.1, 0.15) is 54.4 Å². The Balaban J connectivity index is 0.00000144. The molecule has 3 heteroatoms. The first-order valence-corrected chi connectivity index (χ1v) is 6.14. The highest BCUT2D eigenvalue weighted by atomic mass is 35.5. The normalized spacial score (nSPS) is 22.1. The molecular formula is C14H20ClNO. The average Bonchev–Trinajstić information content (AvgIpc) is 2.55. The molecule has 0 heterocycles. The summed E-state index contributed by atoms with van der Waals surface area (Å²) in [6.07, 6.45) is 4.63. The van der Waals surface area contributed by atoms with Gasteiger partial charge in [-0.2, -0.15) is 0 Å². The minimum absolute atomic E-state index is 0. The van der Waals surface area contributed by atoms with E-state index in [9.17, 15) is 4.79 Å². The van der Waals surface area contributed by atoms with Crippen LogP contribution < -0.4 is 5.73 Å². The predicted molar refractivity (Wildman–Crippen MR) is 72.9 cm³/mol. The van der Waals surface area contributed by atoms with Crippen molar-refractivity contribution in [3.63, 3.8) is 0 Å². The van der Waals surface area contributed by atoms with E-state index in [1.165, 1.54) is 12.8 Å². The fourth-order valence-corrected chi connectivity index (χ4v) is 2.55. The van der Waals surface area contributed by atoms with Crippen LogP contribution in [0.4, 0.5) is 0 Å². The summed E-state index contributed by atoms with van der Waals surface area (Å²) in [4.78, 5) is 11.9. The molecule has 1 aliphatic rings. The lowest BCUT2D eigenvalue weighted by Crippen LogP contribution is -2.30. The molecule has 0 fully saturated rings. The molecule has 2 N–H and O–H groups in total. The number of hydrogen-bond donors (Lipinski definition) is 1. The third-order valence-corrected chi connectivity index (χ3v) is 3.48. The summed E-state index contributed by atoms with van der Waals surface area (Å²) in [5.74, 6) is 0.368. The monoisotopic (exact) mass is 253 g/mol. The number of ketones is 1. The average molecular weight is 254 g/mol. The third-order valence-electron chi connectivity index (χ3n) is 3.48. The van der Waals surface area contributed by atoms with Gasteiger partial charge in [0.1, 0.15) is 0 Å². The van der Waals surface area contributed by atoms with Crippen LogP contribution in [0, 0.1) is 0 Å². The number of Topliss-reactive ketones (excluding diaryl/α,β-unsaturated/α-hetero) is 1. The number of carbonyl (C=O) groups is 1. The van der Waals surface area contributed by atoms with Crippen LogP contribution in [-0.4, -0.2) is 11.8 Å². The summed E-state index contributed by atoms with van der Waals surface area (Å²) >= 11 is 0. The zero-order valence-electron chi connectivity index (χ0n) is 10.2. The highest BCUT2D eigenvalue weighted by Crippen LogP contribution is 2.35. The SMILES string of the molecule is CCCCCC1c2ccccc2C(=O)C1N.Cl. The summed E-state index contributed by atoms with van der Waals surface area (Å²) in [7, 11) is 0. The largest absolute Gasteiger partial charge is 0.321 e. The van der Waals surface area contributed by atoms with Crippen molar-refractivity contribution in [2.75, 3.05) is 0 Å². The lowest BCUT2D eigenvalue weighted by Gasteiger charge is -2.14. The van der Waals surface area contributed by atoms with Gasteiger partial charge in [-0.05, 0) is 12.0 Å². The minimum Gasteiger partial charge on any atom is -0.321 e. The van der Waals surface area contributed by atoms with Crippen molar-refractivity contribution in [3.05, 3.63) is 35.4 Å². The van der Waals surface area contributed by atoms with Gasteiger partial charge in [-0.1, -0.05) is 50.5 Å². The van der Waals surface area contributed by atoms with Crippen molar-refractivity contribution in [2.24, 2.45) is 5.73 Å². The fourth-order valence-electron chi connectivity index (χ4n) is 2.55. The van der Waals surface area contributed by atoms with E-state index >= 15 is 0 Å². The van der Waals surface area contributed by atoms with E-state index in [0.717, 1.165) is 24.0 Å². The molecular weight excluding hydrogens is 234 g/mol. The first-order valence-electron chi connectivity index (χ1n) is 6.14. The number of rotatable bonds is 4. The second kappa shape index (κ2) is 6.18. The van der Waals surface area contributed by atoms with Crippen molar-refractivity contribution in [1.29, 1.82) is 0 Å². The molecule has 0 radical (unpaired) electrons. The maximum Gasteiger partial charge on any atom is 0.180 e. The Hall–Kier alpha value is -0.860. The number of nitrogens with two attached hydrogens (primary N) is 1. The van der Waals surface area contributed by atoms with Crippen LogP contribution in [-0.2, 0) is 0 Å². The van der Waals surface area contributed by atoms with Crippen molar-refractivity contribution >= 4 is 18.2 Å². The van der Waals surface area contributed by atoms with Crippen molar-refractivity contribution < 1.29 is 4.79 Å². The van der Waals surface area contributed by atoms with E-state index in [-0.39, 0.29) is 30.2 Å². The van der Waals surface area contributed by atoms with Crippen molar-refractivity contribution in [3.8, 4) is 0 Å². The Morgan fingerprint density at radius 2 is 1.94 bits per heavy atom. The molecule has 0 aliphatic heterocycles. The van der Waals surface area contributed by atoms with Crippen LogP contribution in [0.2, 0.25) is 0 Å². The summed E-state index contributed by atoms with van der Waals surface area (Å²) in [5.41, 5.74) is 8.01. The highest BCUT2D eigenvalue weighted by molar-refractivity contribution is 6.05. The van der Waals surface area contributed by atoms with E-state index in [4.69, 9.17) is 5.73 Å². The van der Waals surface area contributed by atoms with Crippen LogP contribution in [0.5, 0.6) is 0 Å². The number of fused-ring (bicyclic) bond motifs is 1. The summed E-state index contributed by atoms with van der Waals surface area (Å²) in [6, 6.07) is 7.55. The molecule has 94 valence electrons. The topological polar surface area (TPSA) is 43.1 Å². The predicted octanol–water partition coefficient (Wildman–Crippen LogP) is 3.30. The van der Waals surface area contributed by atoms with Crippen LogP contribution in [0.3, 0.4) is 0 Å². The zero-order valence-corrected chi connectivity index (χ0v) is 11.0. The number of unbranched alkanes of at least 4 members (excludes halogenated alkanes) is 2. The molecule has 1 aromatic carbocycles. The lowest BCUT2D eigenvalue weighted by molar-refractivity contribution is 0.0965. The van der Waals surface area contributed by atoms with Gasteiger partial charge in [-0.3, -0.25) is 4.79 Å². The molecule has 1 aromatic rings. The molecule has 2 atom stereocenters. The zero-order chi connectivity index (χ0) is 11.5. The number of halogens is 1. The van der Waals surface area contributed by atoms with Crippen LogP contribution in [0.25, 0.3) is 0 Å². The van der Waals surface area contributed by atoms with Gasteiger partial charge in [0.05, 0.1) is 6.04 Å². The standard InChI is InChI=1S/C14H19NO.ClH/c1-2-3-4-8-11-10-7-5-6-9-12(10)14(16)13(11)15;/h5-7,9,11,13H,2-4,8,15H2,1H3;1H. The molecule has 0 amide bonds. The fraction of sp³-hybridized carbons (Fsp3) is 0.500. The van der Waals surface area contributed by atoms with Crippen molar-refractivity contribution in [2.45, 2.75) is 44.6 Å². The Morgan fingerprint density at radius 1 is 1.24 bits per heavy atom. The van der Waals surface area contributed by atoms with Gasteiger partial charge >= 0.3 is 0 Å². The summed E-state index contributed by atoms with van der Waals surface area (Å²) in [6.45, 7) is 2.19. The second-order valence-electron chi connectivity index (χ2n) is 4.58. The van der Waals surface area contributed by atoms with Gasteiger partial charge in [0.15, 0.2) is 5.78 Å². The van der Waals surface area contributed by atoms with Gasteiger partial charge in [-0.25, -0.2) is 0 Å². The van der Waals surface area contributed by atoms with E-state index in [2.05, 4.69) is 13.0 Å². The van der Waals surface area contributed by atoms with Gasteiger partial charge in [-0.15, -0.1) is 12.4 Å². The molecule has 0 bridgehead atoms. The Labute approximate surface area is 109 Å². The smallest absolute Gasteiger partial charge is 0.180 e. The molecule has 2 unspecified atom stereocenters. The summed E-state index contributed by atoms with van der Waals surface area (Å²) in [5, 5.41) is 0. The number of hydrogen-bond acceptors (Lipinski definition) is 2. The molecule has 0 spiro atoms. The van der Waals surface area contributed by atoms with Crippen LogP contribution >= 0.6 is 12.4 Å². The Bertz CT molecular complexity index is 392. The molecule has 17 heavy (non-hydrogen) atoms. The maximum atomic E-state index is 11.9. The first kappa shape index (κ1) is 14.2. The van der Waals surface area contributed by atoms with E-state index in [0.29, 0.717) is 0 Å². The maximum absolute atomic E-state index is 11.9. The Kier molecular flexibility index (Phi) is 5.16. The minimum atomic E-state index is -0.311. The van der Waals surface area contributed by atoms with Gasteiger partial charge in [0.25, 0.3) is 0 Å². The number of carbonyl (C=O) groups excluding carboxylic acids is 1.